The average molecular weight is 705 g/mol. The van der Waals surface area contributed by atoms with Crippen molar-refractivity contribution in [3.05, 3.63) is 71.8 Å². The Kier molecular flexibility index (Phi) is 10.2. The van der Waals surface area contributed by atoms with Crippen LogP contribution in [0.1, 0.15) is 49.3 Å². The molecule has 250 valence electrons. The fraction of sp³-hybridized carbons (Fsp3) is 0.500. The number of piperidine rings is 2. The number of halogens is 5. The molecule has 2 saturated heterocycles. The van der Waals surface area contributed by atoms with Crippen molar-refractivity contribution >= 4 is 49.8 Å². The van der Waals surface area contributed by atoms with Gasteiger partial charge in [-0.2, -0.15) is 13.2 Å². The van der Waals surface area contributed by atoms with E-state index in [0.717, 1.165) is 25.9 Å². The molecule has 3 heterocycles. The van der Waals surface area contributed by atoms with Crippen LogP contribution < -0.4 is 21.9 Å². The number of likely N-dealkylation sites (tertiary alicyclic amines) is 1. The monoisotopic (exact) mass is 703 g/mol. The number of aromatic nitrogens is 2. The van der Waals surface area contributed by atoms with E-state index in [2.05, 4.69) is 15.6 Å². The molecule has 2 aliphatic rings. The summed E-state index contributed by atoms with van der Waals surface area (Å²) >= 11 is 12.6. The van der Waals surface area contributed by atoms with Crippen molar-refractivity contribution in [3.8, 4) is 0 Å². The van der Waals surface area contributed by atoms with Crippen molar-refractivity contribution in [2.24, 2.45) is 5.92 Å². The second-order valence-corrected chi connectivity index (χ2v) is 14.8. The number of hydrogen-bond donors (Lipinski definition) is 3. The van der Waals surface area contributed by atoms with Crippen molar-refractivity contribution in [3.63, 3.8) is 0 Å². The first-order valence-corrected chi connectivity index (χ1v) is 17.4. The van der Waals surface area contributed by atoms with E-state index in [4.69, 9.17) is 23.2 Å². The molecule has 3 N–H and O–H groups in total. The van der Waals surface area contributed by atoms with E-state index >= 15 is 0 Å². The van der Waals surface area contributed by atoms with Gasteiger partial charge in [0.1, 0.15) is 0 Å². The maximum atomic E-state index is 14.5. The number of alkyl halides is 3. The van der Waals surface area contributed by atoms with Gasteiger partial charge in [-0.05, 0) is 80.7 Å². The highest BCUT2D eigenvalue weighted by atomic mass is 35.5. The van der Waals surface area contributed by atoms with Gasteiger partial charge in [0.05, 0.1) is 38.7 Å². The van der Waals surface area contributed by atoms with Crippen LogP contribution in [0.2, 0.25) is 10.0 Å². The fourth-order valence-corrected chi connectivity index (χ4v) is 7.80. The van der Waals surface area contributed by atoms with E-state index in [1.54, 1.807) is 4.90 Å². The van der Waals surface area contributed by atoms with Crippen LogP contribution >= 0.6 is 23.2 Å². The van der Waals surface area contributed by atoms with Crippen molar-refractivity contribution in [1.82, 2.24) is 25.1 Å². The quantitative estimate of drug-likeness (QED) is 0.324. The molecule has 46 heavy (non-hydrogen) atoms. The summed E-state index contributed by atoms with van der Waals surface area (Å²) < 4.78 is 69.4. The third-order valence-corrected chi connectivity index (χ3v) is 11.1. The summed E-state index contributed by atoms with van der Waals surface area (Å²) in [6.45, 7) is 2.93. The van der Waals surface area contributed by atoms with Gasteiger partial charge in [-0.25, -0.2) is 13.2 Å². The van der Waals surface area contributed by atoms with Crippen LogP contribution in [0.4, 0.5) is 13.2 Å². The highest BCUT2D eigenvalue weighted by Gasteiger charge is 2.37. The van der Waals surface area contributed by atoms with Gasteiger partial charge in [0.25, 0.3) is 5.56 Å². The molecule has 2 aromatic carbocycles. The zero-order chi connectivity index (χ0) is 33.4. The first kappa shape index (κ1) is 34.4. The predicted molar refractivity (Wildman–Crippen MR) is 169 cm³/mol. The van der Waals surface area contributed by atoms with Crippen molar-refractivity contribution in [2.75, 3.05) is 31.9 Å². The Bertz CT molecular complexity index is 1870. The molecule has 5 rings (SSSR count). The molecular weight excluding hydrogens is 670 g/mol. The van der Waals surface area contributed by atoms with Gasteiger partial charge in [0.2, 0.25) is 5.91 Å². The van der Waals surface area contributed by atoms with Crippen molar-refractivity contribution in [1.29, 1.82) is 0 Å². The number of sulfone groups is 1. The molecule has 0 aliphatic carbocycles. The van der Waals surface area contributed by atoms with E-state index in [-0.39, 0.29) is 56.7 Å². The number of carbonyl (C=O) groups is 1. The van der Waals surface area contributed by atoms with Crippen molar-refractivity contribution in [2.45, 2.75) is 62.8 Å². The van der Waals surface area contributed by atoms with Crippen LogP contribution in [-0.4, -0.2) is 66.7 Å². The highest BCUT2D eigenvalue weighted by molar-refractivity contribution is 7.91. The third-order valence-electron chi connectivity index (χ3n) is 8.64. The molecule has 0 radical (unpaired) electrons. The number of hydrogen-bond acceptors (Lipinski definition) is 7. The molecule has 3 aromatic rings. The first-order valence-electron chi connectivity index (χ1n) is 15.0. The van der Waals surface area contributed by atoms with Gasteiger partial charge in [-0.15, -0.1) is 0 Å². The number of benzene rings is 2. The molecule has 1 atom stereocenters. The number of nitrogens with one attached hydrogen (secondary N) is 3. The lowest BCUT2D eigenvalue weighted by Crippen LogP contribution is -2.50. The molecule has 0 spiro atoms. The molecule has 2 fully saturated rings. The number of H-pyrrole nitrogens is 1. The number of fused-ring (bicyclic) bond motifs is 1. The molecule has 2 aliphatic heterocycles. The van der Waals surface area contributed by atoms with Crippen molar-refractivity contribution < 1.29 is 26.4 Å². The van der Waals surface area contributed by atoms with Gasteiger partial charge < -0.3 is 15.6 Å². The first-order chi connectivity index (χ1) is 21.7. The SMILES string of the molecule is CCS(=O)(=O)c1ccc(Cl)cc1Cn1c(=O)[nH]c2c(Cl)c(CN3CCC[C@@H](NC(=O)C4CCNCC4)C3)c(C(F)(F)F)cc2c1=O. The van der Waals surface area contributed by atoms with E-state index < -0.39 is 49.8 Å². The fourth-order valence-electron chi connectivity index (χ4n) is 6.19. The largest absolute Gasteiger partial charge is 0.416 e. The zero-order valence-electron chi connectivity index (χ0n) is 25.0. The van der Waals surface area contributed by atoms with Gasteiger partial charge in [-0.1, -0.05) is 30.1 Å². The number of nitrogens with zero attached hydrogens (tertiary/aromatic N) is 2. The lowest BCUT2D eigenvalue weighted by molar-refractivity contribution is -0.138. The topological polar surface area (TPSA) is 133 Å². The predicted octanol–water partition coefficient (Wildman–Crippen LogP) is 3.94. The smallest absolute Gasteiger partial charge is 0.352 e. The Labute approximate surface area is 273 Å². The molecule has 10 nitrogen and oxygen atoms in total. The second kappa shape index (κ2) is 13.7. The van der Waals surface area contributed by atoms with Crippen LogP contribution in [0.3, 0.4) is 0 Å². The lowest BCUT2D eigenvalue weighted by Gasteiger charge is -2.35. The van der Waals surface area contributed by atoms with Crippen LogP contribution in [0.25, 0.3) is 10.9 Å². The normalized spacial score (nSPS) is 18.6. The standard InChI is InChI=1S/C30H34Cl2F3N5O5S/c1-2-46(44,45)24-6-5-19(31)12-18(24)14-40-28(42)21-13-23(30(33,34)35)22(25(32)26(21)38-29(40)43)16-39-11-3-4-20(15-39)37-27(41)17-7-9-36-10-8-17/h5-6,12-13,17,20,36H,2-4,7-11,14-16H2,1H3,(H,37,41)(H,38,43)/t20-/m1/s1. The summed E-state index contributed by atoms with van der Waals surface area (Å²) in [7, 11) is -3.79. The van der Waals surface area contributed by atoms with Crippen LogP contribution in [-0.2, 0) is 33.9 Å². The molecular formula is C30H34Cl2F3N5O5S. The minimum Gasteiger partial charge on any atom is -0.352 e. The van der Waals surface area contributed by atoms with Crippen LogP contribution in [0.5, 0.6) is 0 Å². The number of rotatable bonds is 8. The lowest BCUT2D eigenvalue weighted by atomic mass is 9.96. The third kappa shape index (κ3) is 7.30. The Hall–Kier alpha value is -2.91. The van der Waals surface area contributed by atoms with E-state index in [1.807, 2.05) is 0 Å². The Balaban J connectivity index is 1.49. The minimum atomic E-state index is -4.89. The maximum Gasteiger partial charge on any atom is 0.416 e. The number of aromatic amines is 1. The maximum absolute atomic E-state index is 14.5. The average Bonchev–Trinajstić information content (AvgIpc) is 3.01. The second-order valence-electron chi connectivity index (χ2n) is 11.7. The summed E-state index contributed by atoms with van der Waals surface area (Å²) in [6, 6.07) is 4.33. The summed E-state index contributed by atoms with van der Waals surface area (Å²) in [5.41, 5.74) is -3.70. The molecule has 1 amide bonds. The van der Waals surface area contributed by atoms with Crippen LogP contribution in [0.15, 0.2) is 38.8 Å². The summed E-state index contributed by atoms with van der Waals surface area (Å²) in [6.07, 6.45) is -2.12. The van der Waals surface area contributed by atoms with Gasteiger partial charge >= 0.3 is 11.9 Å². The van der Waals surface area contributed by atoms with E-state index in [9.17, 15) is 36.0 Å². The molecule has 0 unspecified atom stereocenters. The Morgan fingerprint density at radius 2 is 1.80 bits per heavy atom. The molecule has 1 aromatic heterocycles. The summed E-state index contributed by atoms with van der Waals surface area (Å²) in [5.74, 6) is -0.426. The van der Waals surface area contributed by atoms with E-state index in [1.165, 1.54) is 25.1 Å². The zero-order valence-corrected chi connectivity index (χ0v) is 27.3. The highest BCUT2D eigenvalue weighted by Crippen LogP contribution is 2.39. The Morgan fingerprint density at radius 1 is 1.09 bits per heavy atom. The number of amides is 1. The molecule has 0 saturated carbocycles. The molecule has 0 bridgehead atoms. The number of carbonyl (C=O) groups excluding carboxylic acids is 1. The van der Waals surface area contributed by atoms with Gasteiger partial charge in [-0.3, -0.25) is 19.1 Å². The molecule has 16 heteroatoms. The minimum absolute atomic E-state index is 0.0342. The van der Waals surface area contributed by atoms with Gasteiger partial charge in [0, 0.05) is 30.1 Å². The van der Waals surface area contributed by atoms with E-state index in [0.29, 0.717) is 36.6 Å². The Morgan fingerprint density at radius 3 is 2.48 bits per heavy atom. The van der Waals surface area contributed by atoms with Gasteiger partial charge in [0.15, 0.2) is 9.84 Å². The van der Waals surface area contributed by atoms with Crippen LogP contribution in [0, 0.1) is 5.92 Å². The summed E-state index contributed by atoms with van der Waals surface area (Å²) in [5, 5.41) is 5.52. The summed E-state index contributed by atoms with van der Waals surface area (Å²) in [4.78, 5) is 43.6.